The number of hydrogen-bond acceptors (Lipinski definition) is 3. The lowest BCUT2D eigenvalue weighted by Gasteiger charge is -2.33. The Kier molecular flexibility index (Phi) is 2.65. The van der Waals surface area contributed by atoms with Crippen LogP contribution in [0.5, 0.6) is 0 Å². The van der Waals surface area contributed by atoms with Crippen molar-refractivity contribution in [2.45, 2.75) is 37.5 Å². The van der Waals surface area contributed by atoms with Crippen LogP contribution in [0.4, 0.5) is 0 Å². The van der Waals surface area contributed by atoms with E-state index in [-0.39, 0.29) is 4.75 Å². The number of carbonyl (C=O) groups excluding carboxylic acids is 1. The van der Waals surface area contributed by atoms with E-state index in [0.717, 1.165) is 38.1 Å². The fraction of sp³-hybridized carbons (Fsp3) is 0.667. The standard InChI is InChI=1S/C12H17N3OS/c1-12(4-2-6-17-12)11(16)15-5-3-10-9(8-15)7-13-14-10/h7H,2-6,8H2,1H3,(H,13,14). The number of nitrogens with one attached hydrogen (secondary N) is 1. The lowest BCUT2D eigenvalue weighted by atomic mass is 10.0. The van der Waals surface area contributed by atoms with Crippen LogP contribution < -0.4 is 0 Å². The number of aromatic amines is 1. The number of amides is 1. The van der Waals surface area contributed by atoms with Gasteiger partial charge in [-0.3, -0.25) is 9.89 Å². The molecule has 2 aliphatic rings. The summed E-state index contributed by atoms with van der Waals surface area (Å²) in [4.78, 5) is 14.5. The van der Waals surface area contributed by atoms with Crippen molar-refractivity contribution in [1.29, 1.82) is 0 Å². The summed E-state index contributed by atoms with van der Waals surface area (Å²) in [7, 11) is 0. The molecule has 1 N–H and O–H groups in total. The van der Waals surface area contributed by atoms with Crippen LogP contribution in [0.2, 0.25) is 0 Å². The van der Waals surface area contributed by atoms with Crippen LogP contribution in [0, 0.1) is 0 Å². The number of thioether (sulfide) groups is 1. The van der Waals surface area contributed by atoms with E-state index >= 15 is 0 Å². The van der Waals surface area contributed by atoms with Crippen LogP contribution in [-0.2, 0) is 17.8 Å². The van der Waals surface area contributed by atoms with Crippen molar-refractivity contribution in [3.63, 3.8) is 0 Å². The molecule has 92 valence electrons. The van der Waals surface area contributed by atoms with Gasteiger partial charge in [-0.15, -0.1) is 11.8 Å². The van der Waals surface area contributed by atoms with E-state index in [1.54, 1.807) is 0 Å². The van der Waals surface area contributed by atoms with Gasteiger partial charge in [0, 0.05) is 30.8 Å². The van der Waals surface area contributed by atoms with Crippen LogP contribution in [0.15, 0.2) is 6.20 Å². The van der Waals surface area contributed by atoms with Crippen LogP contribution >= 0.6 is 11.8 Å². The number of carbonyl (C=O) groups is 1. The third-order valence-corrected chi connectivity index (χ3v) is 5.27. The third kappa shape index (κ3) is 1.86. The Labute approximate surface area is 105 Å². The maximum absolute atomic E-state index is 12.5. The van der Waals surface area contributed by atoms with E-state index in [9.17, 15) is 4.79 Å². The highest BCUT2D eigenvalue weighted by Gasteiger charge is 2.40. The first-order valence-corrected chi connectivity index (χ1v) is 7.12. The fourth-order valence-corrected chi connectivity index (χ4v) is 3.96. The van der Waals surface area contributed by atoms with Gasteiger partial charge in [0.2, 0.25) is 5.91 Å². The lowest BCUT2D eigenvalue weighted by molar-refractivity contribution is -0.134. The molecule has 1 atom stereocenters. The second-order valence-electron chi connectivity index (χ2n) is 5.03. The zero-order valence-corrected chi connectivity index (χ0v) is 10.8. The van der Waals surface area contributed by atoms with Crippen LogP contribution in [-0.4, -0.2) is 38.0 Å². The lowest BCUT2D eigenvalue weighted by Crippen LogP contribution is -2.45. The molecular weight excluding hydrogens is 234 g/mol. The van der Waals surface area contributed by atoms with E-state index in [0.29, 0.717) is 5.91 Å². The number of fused-ring (bicyclic) bond motifs is 1. The predicted molar refractivity (Wildman–Crippen MR) is 67.8 cm³/mol. The van der Waals surface area contributed by atoms with Gasteiger partial charge in [-0.05, 0) is 25.5 Å². The van der Waals surface area contributed by atoms with E-state index in [1.807, 2.05) is 22.9 Å². The Balaban J connectivity index is 1.76. The first-order chi connectivity index (χ1) is 8.19. The smallest absolute Gasteiger partial charge is 0.238 e. The van der Waals surface area contributed by atoms with Gasteiger partial charge in [0.15, 0.2) is 0 Å². The average molecular weight is 251 g/mol. The summed E-state index contributed by atoms with van der Waals surface area (Å²) in [6.45, 7) is 3.64. The number of nitrogens with zero attached hydrogens (tertiary/aromatic N) is 2. The van der Waals surface area contributed by atoms with Crippen molar-refractivity contribution in [3.05, 3.63) is 17.5 Å². The van der Waals surface area contributed by atoms with Crippen molar-refractivity contribution >= 4 is 17.7 Å². The Hall–Kier alpha value is -0.970. The minimum Gasteiger partial charge on any atom is -0.337 e. The summed E-state index contributed by atoms with van der Waals surface area (Å²) < 4.78 is -0.179. The second-order valence-corrected chi connectivity index (χ2v) is 6.63. The molecule has 0 saturated carbocycles. The number of hydrogen-bond donors (Lipinski definition) is 1. The van der Waals surface area contributed by atoms with Gasteiger partial charge in [-0.25, -0.2) is 0 Å². The Morgan fingerprint density at radius 2 is 2.53 bits per heavy atom. The summed E-state index contributed by atoms with van der Waals surface area (Å²) in [5.74, 6) is 1.43. The van der Waals surface area contributed by atoms with Gasteiger partial charge in [-0.1, -0.05) is 0 Å². The minimum atomic E-state index is -0.179. The summed E-state index contributed by atoms with van der Waals surface area (Å²) in [6.07, 6.45) is 4.93. The molecule has 1 fully saturated rings. The van der Waals surface area contributed by atoms with E-state index < -0.39 is 0 Å². The Morgan fingerprint density at radius 3 is 3.29 bits per heavy atom. The molecule has 1 saturated heterocycles. The molecule has 1 amide bonds. The molecule has 3 rings (SSSR count). The number of H-pyrrole nitrogens is 1. The molecule has 0 aliphatic carbocycles. The largest absolute Gasteiger partial charge is 0.337 e. The maximum atomic E-state index is 12.5. The quantitative estimate of drug-likeness (QED) is 0.824. The summed E-state index contributed by atoms with van der Waals surface area (Å²) in [5, 5.41) is 7.05. The molecule has 0 bridgehead atoms. The fourth-order valence-electron chi connectivity index (χ4n) is 2.68. The zero-order chi connectivity index (χ0) is 11.9. The Morgan fingerprint density at radius 1 is 1.65 bits per heavy atom. The van der Waals surface area contributed by atoms with Crippen molar-refractivity contribution < 1.29 is 4.79 Å². The number of aromatic nitrogens is 2. The van der Waals surface area contributed by atoms with Crippen molar-refractivity contribution in [3.8, 4) is 0 Å². The molecule has 0 radical (unpaired) electrons. The third-order valence-electron chi connectivity index (χ3n) is 3.76. The summed E-state index contributed by atoms with van der Waals surface area (Å²) in [5.41, 5.74) is 2.37. The number of rotatable bonds is 1. The molecule has 4 nitrogen and oxygen atoms in total. The van der Waals surface area contributed by atoms with Crippen LogP contribution in [0.3, 0.4) is 0 Å². The molecule has 0 aromatic carbocycles. The van der Waals surface area contributed by atoms with E-state index in [2.05, 4.69) is 17.1 Å². The van der Waals surface area contributed by atoms with Crippen molar-refractivity contribution in [2.24, 2.45) is 0 Å². The highest BCUT2D eigenvalue weighted by atomic mass is 32.2. The molecule has 5 heteroatoms. The molecule has 2 aliphatic heterocycles. The van der Waals surface area contributed by atoms with Gasteiger partial charge < -0.3 is 4.90 Å². The maximum Gasteiger partial charge on any atom is 0.238 e. The first kappa shape index (κ1) is 11.1. The molecule has 1 unspecified atom stereocenters. The van der Waals surface area contributed by atoms with Crippen molar-refractivity contribution in [2.75, 3.05) is 12.3 Å². The van der Waals surface area contributed by atoms with Crippen LogP contribution in [0.1, 0.15) is 31.0 Å². The molecule has 1 aromatic rings. The van der Waals surface area contributed by atoms with Gasteiger partial charge in [0.25, 0.3) is 0 Å². The zero-order valence-electron chi connectivity index (χ0n) is 10.0. The monoisotopic (exact) mass is 251 g/mol. The average Bonchev–Trinajstić information content (AvgIpc) is 2.96. The second kappa shape index (κ2) is 4.05. The molecular formula is C12H17N3OS. The van der Waals surface area contributed by atoms with Gasteiger partial charge in [0.1, 0.15) is 0 Å². The molecule has 3 heterocycles. The van der Waals surface area contributed by atoms with Gasteiger partial charge in [-0.2, -0.15) is 5.10 Å². The highest BCUT2D eigenvalue weighted by molar-refractivity contribution is 8.01. The summed E-state index contributed by atoms with van der Waals surface area (Å²) in [6, 6.07) is 0. The van der Waals surface area contributed by atoms with Crippen molar-refractivity contribution in [1.82, 2.24) is 15.1 Å². The molecule has 0 spiro atoms. The van der Waals surface area contributed by atoms with E-state index in [4.69, 9.17) is 0 Å². The normalized spacial score (nSPS) is 28.2. The predicted octanol–water partition coefficient (Wildman–Crippen LogP) is 1.58. The Bertz CT molecular complexity index is 437. The highest BCUT2D eigenvalue weighted by Crippen LogP contribution is 2.39. The molecule has 17 heavy (non-hydrogen) atoms. The topological polar surface area (TPSA) is 49.0 Å². The minimum absolute atomic E-state index is 0.179. The summed E-state index contributed by atoms with van der Waals surface area (Å²) >= 11 is 1.82. The van der Waals surface area contributed by atoms with Gasteiger partial charge >= 0.3 is 0 Å². The van der Waals surface area contributed by atoms with Crippen LogP contribution in [0.25, 0.3) is 0 Å². The van der Waals surface area contributed by atoms with E-state index in [1.165, 1.54) is 11.3 Å². The SMILES string of the molecule is CC1(C(=O)N2CCc3[nH]ncc3C2)CCCS1. The van der Waals surface area contributed by atoms with Gasteiger partial charge in [0.05, 0.1) is 10.9 Å². The first-order valence-electron chi connectivity index (χ1n) is 6.13. The molecule has 1 aromatic heterocycles.